The molecule has 1 aromatic heterocycles. The van der Waals surface area contributed by atoms with Gasteiger partial charge in [-0.05, 0) is 44.0 Å². The summed E-state index contributed by atoms with van der Waals surface area (Å²) in [5.74, 6) is 0.894. The molecule has 1 unspecified atom stereocenters. The van der Waals surface area contributed by atoms with Gasteiger partial charge in [-0.2, -0.15) is 5.10 Å². The van der Waals surface area contributed by atoms with Crippen molar-refractivity contribution in [2.75, 3.05) is 31.1 Å². The van der Waals surface area contributed by atoms with Crippen molar-refractivity contribution in [2.45, 2.75) is 32.4 Å². The maximum Gasteiger partial charge on any atom is 0.191 e. The largest absolute Gasteiger partial charge is 0.369 e. The molecule has 140 valence electrons. The first-order chi connectivity index (χ1) is 12.7. The van der Waals surface area contributed by atoms with Gasteiger partial charge in [-0.15, -0.1) is 0 Å². The number of rotatable bonds is 7. The summed E-state index contributed by atoms with van der Waals surface area (Å²) < 4.78 is 1.94. The van der Waals surface area contributed by atoms with Gasteiger partial charge < -0.3 is 15.5 Å². The number of hydrogen-bond acceptors (Lipinski definition) is 3. The van der Waals surface area contributed by atoms with E-state index >= 15 is 0 Å². The van der Waals surface area contributed by atoms with Crippen molar-refractivity contribution < 1.29 is 0 Å². The number of anilines is 1. The Morgan fingerprint density at radius 2 is 2.31 bits per heavy atom. The zero-order chi connectivity index (χ0) is 18.2. The predicted molar refractivity (Wildman–Crippen MR) is 108 cm³/mol. The summed E-state index contributed by atoms with van der Waals surface area (Å²) in [6.45, 7) is 6.60. The fourth-order valence-corrected chi connectivity index (χ4v) is 3.34. The molecule has 0 radical (unpaired) electrons. The van der Waals surface area contributed by atoms with E-state index in [9.17, 15) is 0 Å². The average molecular weight is 375 g/mol. The number of hydrogen-bond donors (Lipinski definition) is 2. The lowest BCUT2D eigenvalue weighted by Gasteiger charge is -2.20. The molecule has 1 aliphatic heterocycles. The van der Waals surface area contributed by atoms with Crippen LogP contribution in [0.4, 0.5) is 5.69 Å². The highest BCUT2D eigenvalue weighted by molar-refractivity contribution is 6.30. The maximum absolute atomic E-state index is 6.12. The fourth-order valence-electron chi connectivity index (χ4n) is 3.16. The summed E-state index contributed by atoms with van der Waals surface area (Å²) in [5.41, 5.74) is 1.18. The molecule has 0 aliphatic carbocycles. The van der Waals surface area contributed by atoms with Gasteiger partial charge in [-0.1, -0.05) is 17.7 Å². The van der Waals surface area contributed by atoms with Crippen LogP contribution < -0.4 is 15.5 Å². The molecule has 1 saturated heterocycles. The molecule has 3 rings (SSSR count). The molecule has 2 N–H and O–H groups in total. The molecule has 7 heteroatoms. The van der Waals surface area contributed by atoms with E-state index in [-0.39, 0.29) is 0 Å². The lowest BCUT2D eigenvalue weighted by atomic mass is 10.2. The molecule has 1 aromatic carbocycles. The van der Waals surface area contributed by atoms with E-state index in [2.05, 4.69) is 33.6 Å². The molecular weight excluding hydrogens is 348 g/mol. The van der Waals surface area contributed by atoms with Crippen LogP contribution >= 0.6 is 11.6 Å². The molecule has 2 heterocycles. The average Bonchev–Trinajstić information content (AvgIpc) is 3.31. The number of nitrogens with zero attached hydrogens (tertiary/aromatic N) is 4. The monoisotopic (exact) mass is 374 g/mol. The lowest BCUT2D eigenvalue weighted by molar-refractivity contribution is 0.581. The summed E-state index contributed by atoms with van der Waals surface area (Å²) in [6, 6.07) is 10.4. The quantitative estimate of drug-likeness (QED) is 0.444. The van der Waals surface area contributed by atoms with E-state index in [1.165, 1.54) is 5.69 Å². The molecule has 2 aromatic rings. The van der Waals surface area contributed by atoms with Gasteiger partial charge in [0.25, 0.3) is 0 Å². The number of halogens is 1. The van der Waals surface area contributed by atoms with Gasteiger partial charge in [0.2, 0.25) is 0 Å². The third-order valence-corrected chi connectivity index (χ3v) is 4.66. The second-order valence-corrected chi connectivity index (χ2v) is 6.88. The van der Waals surface area contributed by atoms with Gasteiger partial charge in [-0.25, -0.2) is 0 Å². The summed E-state index contributed by atoms with van der Waals surface area (Å²) in [7, 11) is 0. The van der Waals surface area contributed by atoms with Gasteiger partial charge in [0.1, 0.15) is 0 Å². The smallest absolute Gasteiger partial charge is 0.191 e. The van der Waals surface area contributed by atoms with Gasteiger partial charge in [0.15, 0.2) is 5.96 Å². The van der Waals surface area contributed by atoms with Crippen LogP contribution in [-0.4, -0.2) is 48.0 Å². The second-order valence-electron chi connectivity index (χ2n) is 6.44. The Labute approximate surface area is 160 Å². The molecule has 1 atom stereocenters. The number of aliphatic imine (C=N–C) groups is 1. The van der Waals surface area contributed by atoms with Crippen LogP contribution in [0.2, 0.25) is 5.02 Å². The van der Waals surface area contributed by atoms with E-state index in [0.29, 0.717) is 6.04 Å². The third kappa shape index (κ3) is 5.39. The van der Waals surface area contributed by atoms with Crippen LogP contribution in [0.5, 0.6) is 0 Å². The number of guanidine groups is 1. The summed E-state index contributed by atoms with van der Waals surface area (Å²) in [6.07, 6.45) is 5.85. The van der Waals surface area contributed by atoms with Crippen molar-refractivity contribution in [2.24, 2.45) is 4.99 Å². The van der Waals surface area contributed by atoms with Gasteiger partial charge in [0, 0.05) is 61.9 Å². The van der Waals surface area contributed by atoms with Crippen LogP contribution in [0.25, 0.3) is 0 Å². The van der Waals surface area contributed by atoms with E-state index in [0.717, 1.165) is 56.5 Å². The first-order valence-electron chi connectivity index (χ1n) is 9.27. The molecule has 0 bridgehead atoms. The Morgan fingerprint density at radius 1 is 1.38 bits per heavy atom. The number of aromatic nitrogens is 2. The van der Waals surface area contributed by atoms with Crippen molar-refractivity contribution >= 4 is 23.2 Å². The van der Waals surface area contributed by atoms with Gasteiger partial charge in [0.05, 0.1) is 0 Å². The number of benzene rings is 1. The highest BCUT2D eigenvalue weighted by Gasteiger charge is 2.23. The SMILES string of the molecule is CCNC(=NCCCn1cccn1)NC1CCN(c2cccc(Cl)c2)C1. The van der Waals surface area contributed by atoms with Crippen molar-refractivity contribution in [3.8, 4) is 0 Å². The van der Waals surface area contributed by atoms with Crippen LogP contribution in [0.1, 0.15) is 19.8 Å². The predicted octanol–water partition coefficient (Wildman–Crippen LogP) is 2.76. The molecule has 6 nitrogen and oxygen atoms in total. The van der Waals surface area contributed by atoms with Crippen LogP contribution in [0.3, 0.4) is 0 Å². The zero-order valence-electron chi connectivity index (χ0n) is 15.2. The Bertz CT molecular complexity index is 700. The van der Waals surface area contributed by atoms with Crippen LogP contribution in [-0.2, 0) is 6.54 Å². The minimum absolute atomic E-state index is 0.387. The Kier molecular flexibility index (Phi) is 6.77. The Morgan fingerprint density at radius 3 is 3.08 bits per heavy atom. The zero-order valence-corrected chi connectivity index (χ0v) is 16.0. The summed E-state index contributed by atoms with van der Waals surface area (Å²) in [4.78, 5) is 7.07. The Hall–Kier alpha value is -2.21. The second kappa shape index (κ2) is 9.48. The van der Waals surface area contributed by atoms with Crippen molar-refractivity contribution in [3.63, 3.8) is 0 Å². The van der Waals surface area contributed by atoms with Crippen molar-refractivity contribution in [1.82, 2.24) is 20.4 Å². The van der Waals surface area contributed by atoms with Crippen LogP contribution in [0.15, 0.2) is 47.7 Å². The Balaban J connectivity index is 1.49. The molecule has 1 fully saturated rings. The maximum atomic E-state index is 6.12. The molecule has 0 saturated carbocycles. The van der Waals surface area contributed by atoms with Crippen molar-refractivity contribution in [1.29, 1.82) is 0 Å². The minimum atomic E-state index is 0.387. The summed E-state index contributed by atoms with van der Waals surface area (Å²) in [5, 5.41) is 11.9. The normalized spacial score (nSPS) is 17.5. The third-order valence-electron chi connectivity index (χ3n) is 4.42. The van der Waals surface area contributed by atoms with Gasteiger partial charge in [-0.3, -0.25) is 9.67 Å². The van der Waals surface area contributed by atoms with Crippen LogP contribution in [0, 0.1) is 0 Å². The van der Waals surface area contributed by atoms with E-state index in [4.69, 9.17) is 16.6 Å². The number of nitrogens with one attached hydrogen (secondary N) is 2. The molecule has 0 spiro atoms. The standard InChI is InChI=1S/C19H27ClN6/c1-2-21-19(22-9-4-11-26-12-5-10-23-26)24-17-8-13-25(15-17)18-7-3-6-16(20)14-18/h3,5-7,10,12,14,17H,2,4,8-9,11,13,15H2,1H3,(H2,21,22,24). The highest BCUT2D eigenvalue weighted by Crippen LogP contribution is 2.23. The van der Waals surface area contributed by atoms with E-state index < -0.39 is 0 Å². The summed E-state index contributed by atoms with van der Waals surface area (Å²) >= 11 is 6.12. The number of aryl methyl sites for hydroxylation is 1. The van der Waals surface area contributed by atoms with Gasteiger partial charge >= 0.3 is 0 Å². The lowest BCUT2D eigenvalue weighted by Crippen LogP contribution is -2.44. The molecule has 1 aliphatic rings. The first-order valence-corrected chi connectivity index (χ1v) is 9.65. The van der Waals surface area contributed by atoms with E-state index in [1.807, 2.05) is 35.1 Å². The topological polar surface area (TPSA) is 57.5 Å². The molecule has 26 heavy (non-hydrogen) atoms. The van der Waals surface area contributed by atoms with Crippen molar-refractivity contribution in [3.05, 3.63) is 47.7 Å². The molecule has 0 amide bonds. The highest BCUT2D eigenvalue weighted by atomic mass is 35.5. The minimum Gasteiger partial charge on any atom is -0.369 e. The van der Waals surface area contributed by atoms with E-state index in [1.54, 1.807) is 6.20 Å². The first kappa shape index (κ1) is 18.6. The molecular formula is C19H27ClN6. The fraction of sp³-hybridized carbons (Fsp3) is 0.474.